The number of hydrogen-bond acceptors (Lipinski definition) is 11. The van der Waals surface area contributed by atoms with Gasteiger partial charge in [0, 0.05) is 36.2 Å². The van der Waals surface area contributed by atoms with Crippen LogP contribution in [0.4, 0.5) is 5.82 Å². The molecule has 4 heterocycles. The maximum absolute atomic E-state index is 11.7. The second-order valence-corrected chi connectivity index (χ2v) is 11.0. The molecule has 200 valence electrons. The molecule has 1 fully saturated rings. The third kappa shape index (κ3) is 5.00. The van der Waals surface area contributed by atoms with Crippen LogP contribution in [0.1, 0.15) is 49.4 Å². The van der Waals surface area contributed by atoms with Crippen molar-refractivity contribution in [1.82, 2.24) is 30.6 Å². The van der Waals surface area contributed by atoms with E-state index in [1.54, 1.807) is 19.5 Å². The van der Waals surface area contributed by atoms with Gasteiger partial charge < -0.3 is 30.5 Å². The number of methoxy groups -OCH3 is 1. The molecule has 1 unspecified atom stereocenters. The minimum atomic E-state index is -0.382. The number of aliphatic hydroxyl groups excluding tert-OH is 1. The quantitative estimate of drug-likeness (QED) is 0.353. The lowest BCUT2D eigenvalue weighted by atomic mass is 9.79. The van der Waals surface area contributed by atoms with E-state index in [0.29, 0.717) is 36.6 Å². The van der Waals surface area contributed by atoms with Crippen LogP contribution in [-0.4, -0.2) is 68.6 Å². The van der Waals surface area contributed by atoms with Crippen LogP contribution in [0.15, 0.2) is 29.6 Å². The lowest BCUT2D eigenvalue weighted by Gasteiger charge is -2.41. The number of anilines is 1. The Morgan fingerprint density at radius 3 is 2.89 bits per heavy atom. The SMILES string of the molecule is COc1cnc2ccc3c(c2n1)C(NC1CCC(CO)(NCc2cnc4c(n2)NC(=O)CS4)CC1)CCO3. The van der Waals surface area contributed by atoms with Crippen LogP contribution < -0.4 is 25.4 Å². The van der Waals surface area contributed by atoms with Crippen molar-refractivity contribution < 1.29 is 19.4 Å². The summed E-state index contributed by atoms with van der Waals surface area (Å²) in [6.45, 7) is 1.16. The van der Waals surface area contributed by atoms with Crippen molar-refractivity contribution in [3.63, 3.8) is 0 Å². The van der Waals surface area contributed by atoms with Gasteiger partial charge in [0.25, 0.3) is 0 Å². The van der Waals surface area contributed by atoms with E-state index >= 15 is 0 Å². The maximum Gasteiger partial charge on any atom is 0.236 e. The van der Waals surface area contributed by atoms with Gasteiger partial charge in [0.2, 0.25) is 11.8 Å². The fourth-order valence-electron chi connectivity index (χ4n) is 5.50. The van der Waals surface area contributed by atoms with Crippen LogP contribution in [0.5, 0.6) is 11.6 Å². The third-order valence-corrected chi connectivity index (χ3v) is 8.61. The van der Waals surface area contributed by atoms with Gasteiger partial charge >= 0.3 is 0 Å². The van der Waals surface area contributed by atoms with Gasteiger partial charge in [-0.05, 0) is 37.8 Å². The fraction of sp³-hybridized carbons (Fsp3) is 0.500. The van der Waals surface area contributed by atoms with E-state index in [1.165, 1.54) is 11.8 Å². The van der Waals surface area contributed by atoms with Crippen molar-refractivity contribution in [2.45, 2.75) is 61.3 Å². The van der Waals surface area contributed by atoms with Gasteiger partial charge in [-0.2, -0.15) is 0 Å². The van der Waals surface area contributed by atoms with Crippen LogP contribution in [0.3, 0.4) is 0 Å². The largest absolute Gasteiger partial charge is 0.493 e. The van der Waals surface area contributed by atoms with E-state index < -0.39 is 0 Å². The Hall–Kier alpha value is -3.06. The molecule has 3 aromatic rings. The number of nitrogens with zero attached hydrogens (tertiary/aromatic N) is 4. The first kappa shape index (κ1) is 25.2. The predicted octanol–water partition coefficient (Wildman–Crippen LogP) is 2.35. The first-order chi connectivity index (χ1) is 18.6. The van der Waals surface area contributed by atoms with Crippen molar-refractivity contribution in [1.29, 1.82) is 0 Å². The minimum absolute atomic E-state index is 0.0464. The molecule has 0 bridgehead atoms. The zero-order valence-electron chi connectivity index (χ0n) is 21.2. The molecule has 1 saturated carbocycles. The Balaban J connectivity index is 1.11. The van der Waals surface area contributed by atoms with Crippen LogP contribution >= 0.6 is 11.8 Å². The van der Waals surface area contributed by atoms with Crippen LogP contribution in [0.2, 0.25) is 0 Å². The number of amides is 1. The van der Waals surface area contributed by atoms with Crippen molar-refractivity contribution >= 4 is 34.5 Å². The number of rotatable bonds is 7. The van der Waals surface area contributed by atoms with Gasteiger partial charge in [0.15, 0.2) is 5.82 Å². The molecule has 1 atom stereocenters. The van der Waals surface area contributed by atoms with E-state index in [2.05, 4.69) is 35.9 Å². The van der Waals surface area contributed by atoms with Gasteiger partial charge in [-0.1, -0.05) is 11.8 Å². The van der Waals surface area contributed by atoms with Crippen LogP contribution in [-0.2, 0) is 11.3 Å². The summed E-state index contributed by atoms with van der Waals surface area (Å²) in [6, 6.07) is 4.31. The van der Waals surface area contributed by atoms with Crippen molar-refractivity contribution in [2.75, 3.05) is 31.4 Å². The second-order valence-electron chi connectivity index (χ2n) is 10.0. The molecule has 2 aliphatic heterocycles. The van der Waals surface area contributed by atoms with Gasteiger partial charge in [-0.3, -0.25) is 4.79 Å². The summed E-state index contributed by atoms with van der Waals surface area (Å²) in [6.07, 6.45) is 7.70. The number of fused-ring (bicyclic) bond motifs is 4. The topological polar surface area (TPSA) is 143 Å². The molecule has 0 spiro atoms. The molecule has 4 N–H and O–H groups in total. The standard InChI is InChI=1S/C26H31N7O4S/c1-36-21-12-27-18-2-3-19-22(23(18)33-21)17(6-9-37-19)30-15-4-7-26(14-34,8-5-15)29-11-16-10-28-25-24(31-16)32-20(35)13-38-25/h2-3,10,12,15,17,29-30,34H,4-9,11,13-14H2,1H3,(H,31,32,35). The summed E-state index contributed by atoms with van der Waals surface area (Å²) in [5.41, 5.74) is 3.02. The van der Waals surface area contributed by atoms with Crippen LogP contribution in [0.25, 0.3) is 11.0 Å². The van der Waals surface area contributed by atoms with Crippen LogP contribution in [0, 0.1) is 0 Å². The monoisotopic (exact) mass is 537 g/mol. The molecule has 0 saturated heterocycles. The van der Waals surface area contributed by atoms with Gasteiger partial charge in [0.05, 0.1) is 49.7 Å². The summed E-state index contributed by atoms with van der Waals surface area (Å²) in [7, 11) is 1.59. The summed E-state index contributed by atoms with van der Waals surface area (Å²) >= 11 is 1.39. The Labute approximate surface area is 224 Å². The molecular formula is C26H31N7O4S. The van der Waals surface area contributed by atoms with Gasteiger partial charge in [-0.25, -0.2) is 19.9 Å². The van der Waals surface area contributed by atoms with Crippen molar-refractivity contribution in [3.8, 4) is 11.6 Å². The number of carbonyl (C=O) groups is 1. The van der Waals surface area contributed by atoms with E-state index in [-0.39, 0.29) is 24.1 Å². The number of benzene rings is 1. The molecule has 1 aliphatic carbocycles. The Kier molecular flexibility index (Phi) is 7.04. The maximum atomic E-state index is 11.7. The summed E-state index contributed by atoms with van der Waals surface area (Å²) in [5, 5.41) is 21.3. The Morgan fingerprint density at radius 1 is 1.21 bits per heavy atom. The Bertz CT molecular complexity index is 1340. The second kappa shape index (κ2) is 10.6. The highest BCUT2D eigenvalue weighted by Gasteiger charge is 2.36. The lowest BCUT2D eigenvalue weighted by molar-refractivity contribution is -0.113. The molecule has 11 nitrogen and oxygen atoms in total. The lowest BCUT2D eigenvalue weighted by Crippen LogP contribution is -2.53. The number of thioether (sulfide) groups is 1. The molecule has 6 rings (SSSR count). The number of nitrogens with one attached hydrogen (secondary N) is 3. The van der Waals surface area contributed by atoms with E-state index in [0.717, 1.165) is 65.2 Å². The number of ether oxygens (including phenoxy) is 2. The smallest absolute Gasteiger partial charge is 0.236 e. The van der Waals surface area contributed by atoms with Crippen molar-refractivity contribution in [3.05, 3.63) is 35.8 Å². The van der Waals surface area contributed by atoms with E-state index in [4.69, 9.17) is 9.47 Å². The summed E-state index contributed by atoms with van der Waals surface area (Å²) in [4.78, 5) is 29.9. The summed E-state index contributed by atoms with van der Waals surface area (Å²) in [5.74, 6) is 2.14. The molecule has 0 radical (unpaired) electrons. The predicted molar refractivity (Wildman–Crippen MR) is 142 cm³/mol. The first-order valence-electron chi connectivity index (χ1n) is 12.9. The molecule has 1 aromatic carbocycles. The molecular weight excluding hydrogens is 506 g/mol. The first-order valence-corrected chi connectivity index (χ1v) is 13.9. The highest BCUT2D eigenvalue weighted by molar-refractivity contribution is 8.00. The Morgan fingerprint density at radius 2 is 2.08 bits per heavy atom. The zero-order valence-corrected chi connectivity index (χ0v) is 22.0. The number of aromatic nitrogens is 4. The molecule has 1 amide bonds. The average molecular weight is 538 g/mol. The zero-order chi connectivity index (χ0) is 26.1. The van der Waals surface area contributed by atoms with E-state index in [1.807, 2.05) is 12.1 Å². The molecule has 3 aliphatic rings. The highest BCUT2D eigenvalue weighted by Crippen LogP contribution is 2.39. The fourth-order valence-corrected chi connectivity index (χ4v) is 6.20. The molecule has 12 heteroatoms. The number of aliphatic hydroxyl groups is 1. The third-order valence-electron chi connectivity index (χ3n) is 7.63. The van der Waals surface area contributed by atoms with Crippen molar-refractivity contribution in [2.24, 2.45) is 0 Å². The molecule has 38 heavy (non-hydrogen) atoms. The van der Waals surface area contributed by atoms with Gasteiger partial charge in [-0.15, -0.1) is 0 Å². The minimum Gasteiger partial charge on any atom is -0.493 e. The summed E-state index contributed by atoms with van der Waals surface area (Å²) < 4.78 is 11.3. The normalized spacial score (nSPS) is 24.7. The van der Waals surface area contributed by atoms with E-state index in [9.17, 15) is 9.90 Å². The molecule has 2 aromatic heterocycles. The highest BCUT2D eigenvalue weighted by atomic mass is 32.2. The average Bonchev–Trinajstić information content (AvgIpc) is 2.96. The number of carbonyl (C=O) groups excluding carboxylic acids is 1. The number of hydrogen-bond donors (Lipinski definition) is 4. The van der Waals surface area contributed by atoms with Gasteiger partial charge in [0.1, 0.15) is 16.3 Å².